The van der Waals surface area contributed by atoms with Gasteiger partial charge in [0, 0.05) is 18.3 Å². The van der Waals surface area contributed by atoms with Crippen molar-refractivity contribution in [3.8, 4) is 0 Å². The number of unbranched alkanes of at least 4 members (excludes halogenated alkanes) is 4. The molecule has 1 rings (SSSR count). The van der Waals surface area contributed by atoms with Crippen LogP contribution in [0.1, 0.15) is 58.1 Å². The molecule has 0 saturated carbocycles. The smallest absolute Gasteiger partial charge is 0.0794 e. The molecule has 0 bridgehead atoms. The van der Waals surface area contributed by atoms with Gasteiger partial charge in [-0.1, -0.05) is 46.0 Å². The van der Waals surface area contributed by atoms with Crippen molar-refractivity contribution in [1.82, 2.24) is 10.3 Å². The van der Waals surface area contributed by atoms with Crippen molar-refractivity contribution in [2.75, 3.05) is 13.1 Å². The third kappa shape index (κ3) is 8.65. The second kappa shape index (κ2) is 10.5. The van der Waals surface area contributed by atoms with Crippen LogP contribution in [-0.2, 0) is 6.42 Å². The maximum Gasteiger partial charge on any atom is 0.0794 e. The Labute approximate surface area is 116 Å². The normalized spacial score (nSPS) is 11.3. The second-order valence-corrected chi connectivity index (χ2v) is 6.15. The molecule has 104 valence electrons. The van der Waals surface area contributed by atoms with Crippen LogP contribution in [0.5, 0.6) is 0 Å². The highest BCUT2D eigenvalue weighted by Gasteiger charge is 1.96. The van der Waals surface area contributed by atoms with Crippen LogP contribution in [0.25, 0.3) is 0 Å². The van der Waals surface area contributed by atoms with Crippen molar-refractivity contribution in [1.29, 1.82) is 0 Å². The number of hydrogen-bond acceptors (Lipinski definition) is 3. The minimum absolute atomic E-state index is 0.873. The van der Waals surface area contributed by atoms with Gasteiger partial charge in [0.2, 0.25) is 0 Å². The fourth-order valence-corrected chi connectivity index (χ4v) is 2.63. The van der Waals surface area contributed by atoms with Gasteiger partial charge in [-0.05, 0) is 18.9 Å². The molecule has 0 saturated heterocycles. The van der Waals surface area contributed by atoms with Gasteiger partial charge in [-0.2, -0.15) is 0 Å². The molecule has 3 heteroatoms. The summed E-state index contributed by atoms with van der Waals surface area (Å²) in [6.07, 6.45) is 9.39. The largest absolute Gasteiger partial charge is 0.316 e. The van der Waals surface area contributed by atoms with Gasteiger partial charge in [0.05, 0.1) is 11.2 Å². The van der Waals surface area contributed by atoms with Gasteiger partial charge in [-0.15, -0.1) is 11.3 Å². The standard InChI is InChI=1S/C15H28N2S/c1-14(2)8-6-4-3-5-7-10-16-11-9-15-12-18-13-17-15/h12-14,16H,3-11H2,1-2H3. The van der Waals surface area contributed by atoms with Gasteiger partial charge in [-0.25, -0.2) is 4.98 Å². The molecule has 0 fully saturated rings. The summed E-state index contributed by atoms with van der Waals surface area (Å²) in [6.45, 7) is 6.85. The van der Waals surface area contributed by atoms with Crippen molar-refractivity contribution in [2.45, 2.75) is 58.8 Å². The van der Waals surface area contributed by atoms with Crippen molar-refractivity contribution in [3.05, 3.63) is 16.6 Å². The Hall–Kier alpha value is -0.410. The lowest BCUT2D eigenvalue weighted by Gasteiger charge is -2.05. The Morgan fingerprint density at radius 2 is 1.89 bits per heavy atom. The van der Waals surface area contributed by atoms with Crippen LogP contribution in [0.3, 0.4) is 0 Å². The Morgan fingerprint density at radius 3 is 2.61 bits per heavy atom. The first-order valence-electron chi connectivity index (χ1n) is 7.37. The number of thiazole rings is 1. The highest BCUT2D eigenvalue weighted by atomic mass is 32.1. The van der Waals surface area contributed by atoms with E-state index < -0.39 is 0 Å². The molecule has 0 aliphatic heterocycles. The summed E-state index contributed by atoms with van der Waals surface area (Å²) in [7, 11) is 0. The van der Waals surface area contributed by atoms with Gasteiger partial charge in [0.1, 0.15) is 0 Å². The maximum atomic E-state index is 4.28. The van der Waals surface area contributed by atoms with Gasteiger partial charge >= 0.3 is 0 Å². The van der Waals surface area contributed by atoms with Crippen LogP contribution in [0.4, 0.5) is 0 Å². The molecule has 18 heavy (non-hydrogen) atoms. The van der Waals surface area contributed by atoms with E-state index >= 15 is 0 Å². The lowest BCUT2D eigenvalue weighted by atomic mass is 10.0. The van der Waals surface area contributed by atoms with E-state index in [2.05, 4.69) is 29.5 Å². The molecule has 1 aromatic heterocycles. The summed E-state index contributed by atoms with van der Waals surface area (Å²) in [5.41, 5.74) is 3.13. The van der Waals surface area contributed by atoms with Gasteiger partial charge in [0.25, 0.3) is 0 Å². The van der Waals surface area contributed by atoms with E-state index in [1.54, 1.807) is 11.3 Å². The van der Waals surface area contributed by atoms with Gasteiger partial charge in [-0.3, -0.25) is 0 Å². The van der Waals surface area contributed by atoms with E-state index in [-0.39, 0.29) is 0 Å². The summed E-state index contributed by atoms with van der Waals surface area (Å²) in [5.74, 6) is 0.873. The van der Waals surface area contributed by atoms with Crippen LogP contribution >= 0.6 is 11.3 Å². The number of hydrogen-bond donors (Lipinski definition) is 1. The topological polar surface area (TPSA) is 24.9 Å². The van der Waals surface area contributed by atoms with E-state index in [9.17, 15) is 0 Å². The molecule has 2 nitrogen and oxygen atoms in total. The van der Waals surface area contributed by atoms with Crippen molar-refractivity contribution in [3.63, 3.8) is 0 Å². The molecular weight excluding hydrogens is 240 g/mol. The van der Waals surface area contributed by atoms with Crippen LogP contribution in [0.2, 0.25) is 0 Å². The van der Waals surface area contributed by atoms with E-state index in [1.165, 1.54) is 44.2 Å². The second-order valence-electron chi connectivity index (χ2n) is 5.43. The summed E-state index contributed by atoms with van der Waals surface area (Å²) in [4.78, 5) is 4.28. The molecular formula is C15H28N2S. The summed E-state index contributed by atoms with van der Waals surface area (Å²) in [6, 6.07) is 0. The van der Waals surface area contributed by atoms with Crippen LogP contribution in [0, 0.1) is 5.92 Å². The first kappa shape index (κ1) is 15.6. The van der Waals surface area contributed by atoms with E-state index in [0.29, 0.717) is 0 Å². The van der Waals surface area contributed by atoms with Crippen LogP contribution in [0.15, 0.2) is 10.9 Å². The van der Waals surface area contributed by atoms with Crippen molar-refractivity contribution in [2.24, 2.45) is 5.92 Å². The monoisotopic (exact) mass is 268 g/mol. The molecule has 0 radical (unpaired) electrons. The molecule has 1 aromatic rings. The van der Waals surface area contributed by atoms with Gasteiger partial charge in [0.15, 0.2) is 0 Å². The lowest BCUT2D eigenvalue weighted by molar-refractivity contribution is 0.510. The number of aromatic nitrogens is 1. The molecule has 0 aliphatic rings. The molecule has 0 amide bonds. The van der Waals surface area contributed by atoms with Crippen LogP contribution < -0.4 is 5.32 Å². The maximum absolute atomic E-state index is 4.28. The molecule has 0 spiro atoms. The predicted octanol–water partition coefficient (Wildman–Crippen LogP) is 4.27. The highest BCUT2D eigenvalue weighted by molar-refractivity contribution is 7.07. The molecule has 1 N–H and O–H groups in total. The molecule has 0 unspecified atom stereocenters. The van der Waals surface area contributed by atoms with Gasteiger partial charge < -0.3 is 5.32 Å². The minimum atomic E-state index is 0.873. The number of nitrogens with one attached hydrogen (secondary N) is 1. The molecule has 0 aromatic carbocycles. The fourth-order valence-electron chi connectivity index (χ4n) is 2.04. The number of rotatable bonds is 11. The fraction of sp³-hybridized carbons (Fsp3) is 0.800. The molecule has 0 atom stereocenters. The van der Waals surface area contributed by atoms with Crippen molar-refractivity contribution < 1.29 is 0 Å². The summed E-state index contributed by atoms with van der Waals surface area (Å²) in [5, 5.41) is 5.63. The number of nitrogens with zero attached hydrogens (tertiary/aromatic N) is 1. The highest BCUT2D eigenvalue weighted by Crippen LogP contribution is 2.10. The zero-order valence-electron chi connectivity index (χ0n) is 12.0. The van der Waals surface area contributed by atoms with E-state index in [0.717, 1.165) is 25.4 Å². The third-order valence-corrected chi connectivity index (χ3v) is 3.81. The average Bonchev–Trinajstić information content (AvgIpc) is 2.84. The quantitative estimate of drug-likeness (QED) is 0.606. The molecule has 0 aliphatic carbocycles. The predicted molar refractivity (Wildman–Crippen MR) is 81.2 cm³/mol. The third-order valence-electron chi connectivity index (χ3n) is 3.18. The lowest BCUT2D eigenvalue weighted by Crippen LogP contribution is -2.18. The Balaban J connectivity index is 1.76. The first-order chi connectivity index (χ1) is 8.79. The molecule has 1 heterocycles. The van der Waals surface area contributed by atoms with E-state index in [4.69, 9.17) is 0 Å². The zero-order chi connectivity index (χ0) is 13.1. The SMILES string of the molecule is CC(C)CCCCCCCNCCc1cscn1. The van der Waals surface area contributed by atoms with Crippen LogP contribution in [-0.4, -0.2) is 18.1 Å². The van der Waals surface area contributed by atoms with E-state index in [1.807, 2.05) is 5.51 Å². The summed E-state index contributed by atoms with van der Waals surface area (Å²) < 4.78 is 0. The first-order valence-corrected chi connectivity index (χ1v) is 8.31. The Bertz CT molecular complexity index is 270. The Morgan fingerprint density at radius 1 is 1.11 bits per heavy atom. The zero-order valence-corrected chi connectivity index (χ0v) is 12.8. The average molecular weight is 268 g/mol. The van der Waals surface area contributed by atoms with Crippen molar-refractivity contribution >= 4 is 11.3 Å². The summed E-state index contributed by atoms with van der Waals surface area (Å²) >= 11 is 1.68. The minimum Gasteiger partial charge on any atom is -0.316 e. The Kier molecular flexibility index (Phi) is 9.13.